The second-order valence-corrected chi connectivity index (χ2v) is 11.8. The van der Waals surface area contributed by atoms with Gasteiger partial charge in [-0.3, -0.25) is 19.3 Å². The van der Waals surface area contributed by atoms with Crippen LogP contribution >= 0.6 is 34.8 Å². The van der Waals surface area contributed by atoms with Gasteiger partial charge >= 0.3 is 5.97 Å². The molecule has 216 valence electrons. The lowest BCUT2D eigenvalue weighted by Gasteiger charge is -2.22. The second kappa shape index (κ2) is 11.6. The second-order valence-electron chi connectivity index (χ2n) is 10.5. The summed E-state index contributed by atoms with van der Waals surface area (Å²) in [5.41, 5.74) is 2.23. The maximum Gasteiger partial charge on any atom is 0.339 e. The van der Waals surface area contributed by atoms with E-state index in [1.807, 2.05) is 19.1 Å². The molecule has 10 heteroatoms. The van der Waals surface area contributed by atoms with Gasteiger partial charge in [0.15, 0.2) is 6.61 Å². The van der Waals surface area contributed by atoms with Crippen LogP contribution in [-0.4, -0.2) is 35.2 Å². The van der Waals surface area contributed by atoms with Gasteiger partial charge in [0.2, 0.25) is 17.6 Å². The van der Waals surface area contributed by atoms with Crippen LogP contribution in [0.3, 0.4) is 0 Å². The maximum absolute atomic E-state index is 13.3. The van der Waals surface area contributed by atoms with Crippen LogP contribution in [0, 0.1) is 17.8 Å². The largest absolute Gasteiger partial charge is 0.454 e. The molecule has 1 aliphatic carbocycles. The quantitative estimate of drug-likeness (QED) is 0.0939. The zero-order chi connectivity index (χ0) is 30.4. The molecule has 4 aromatic rings. The van der Waals surface area contributed by atoms with Crippen LogP contribution in [0.2, 0.25) is 15.1 Å². The first-order valence-corrected chi connectivity index (χ1v) is 14.7. The van der Waals surface area contributed by atoms with Gasteiger partial charge in [0.1, 0.15) is 0 Å². The van der Waals surface area contributed by atoms with E-state index in [0.29, 0.717) is 44.3 Å². The van der Waals surface area contributed by atoms with Crippen molar-refractivity contribution in [3.05, 3.63) is 105 Å². The molecule has 0 saturated carbocycles. The standard InChI is InChI=1S/C33H23Cl3N2O5/c1-17-4-2-6-23-29(17)32(41)38(31(23)40)20-11-8-18(9-12-20)27-15-24(21-5-3-7-25(35)30(21)37-27)33(42)43-16-28(39)22-13-10-19(34)14-26(22)36/h2-5,7-15,17,23,29H,6,16H2,1H3. The Hall–Kier alpha value is -4.04. The molecule has 1 aliphatic heterocycles. The molecule has 7 nitrogen and oxygen atoms in total. The summed E-state index contributed by atoms with van der Waals surface area (Å²) in [6, 6.07) is 17.9. The number of para-hydroxylation sites is 1. The Morgan fingerprint density at radius 1 is 0.930 bits per heavy atom. The molecule has 6 rings (SSSR count). The van der Waals surface area contributed by atoms with Crippen molar-refractivity contribution < 1.29 is 23.9 Å². The van der Waals surface area contributed by atoms with Crippen molar-refractivity contribution in [1.82, 2.24) is 4.98 Å². The molecule has 0 spiro atoms. The smallest absolute Gasteiger partial charge is 0.339 e. The number of benzene rings is 3. The fourth-order valence-electron chi connectivity index (χ4n) is 5.72. The summed E-state index contributed by atoms with van der Waals surface area (Å²) >= 11 is 18.5. The number of fused-ring (bicyclic) bond motifs is 2. The van der Waals surface area contributed by atoms with Crippen LogP contribution in [0.25, 0.3) is 22.2 Å². The van der Waals surface area contributed by atoms with Gasteiger partial charge in [-0.2, -0.15) is 0 Å². The number of hydrogen-bond donors (Lipinski definition) is 0. The predicted molar refractivity (Wildman–Crippen MR) is 166 cm³/mol. The molecule has 2 aliphatic rings. The number of imide groups is 1. The molecule has 0 bridgehead atoms. The number of Topliss-reactive ketones (excluding diaryl/α,β-unsaturated/α-hetero) is 1. The van der Waals surface area contributed by atoms with Crippen LogP contribution in [-0.2, 0) is 14.3 Å². The van der Waals surface area contributed by atoms with Gasteiger partial charge in [-0.05, 0) is 54.8 Å². The maximum atomic E-state index is 13.3. The van der Waals surface area contributed by atoms with Crippen LogP contribution < -0.4 is 4.90 Å². The number of aromatic nitrogens is 1. The number of halogens is 3. The topological polar surface area (TPSA) is 93.6 Å². The number of pyridine rings is 1. The minimum atomic E-state index is -0.746. The lowest BCUT2D eigenvalue weighted by atomic mass is 9.78. The Morgan fingerprint density at radius 2 is 1.70 bits per heavy atom. The molecule has 3 aromatic carbocycles. The monoisotopic (exact) mass is 632 g/mol. The highest BCUT2D eigenvalue weighted by Gasteiger charge is 2.50. The van der Waals surface area contributed by atoms with Crippen molar-refractivity contribution in [2.24, 2.45) is 17.8 Å². The number of carbonyl (C=O) groups is 4. The zero-order valence-electron chi connectivity index (χ0n) is 22.7. The van der Waals surface area contributed by atoms with E-state index < -0.39 is 18.4 Å². The Balaban J connectivity index is 1.29. The van der Waals surface area contributed by atoms with Gasteiger partial charge in [0.05, 0.1) is 44.3 Å². The van der Waals surface area contributed by atoms with Crippen LogP contribution in [0.4, 0.5) is 5.69 Å². The van der Waals surface area contributed by atoms with Crippen molar-refractivity contribution in [3.8, 4) is 11.3 Å². The van der Waals surface area contributed by atoms with E-state index in [1.165, 1.54) is 23.1 Å². The molecule has 1 aromatic heterocycles. The van der Waals surface area contributed by atoms with Crippen LogP contribution in [0.5, 0.6) is 0 Å². The van der Waals surface area contributed by atoms with Crippen LogP contribution in [0.1, 0.15) is 34.1 Å². The fourth-order valence-corrected chi connectivity index (χ4v) is 6.45. The molecule has 1 saturated heterocycles. The number of ketones is 1. The molecule has 0 N–H and O–H groups in total. The molecular weight excluding hydrogens is 611 g/mol. The van der Waals surface area contributed by atoms with E-state index in [9.17, 15) is 19.2 Å². The number of ether oxygens (including phenoxy) is 1. The van der Waals surface area contributed by atoms with Gasteiger partial charge in [-0.1, -0.05) is 78.1 Å². The van der Waals surface area contributed by atoms with E-state index in [-0.39, 0.29) is 45.7 Å². The number of esters is 1. The Labute approximate surface area is 262 Å². The molecule has 1 fully saturated rings. The van der Waals surface area contributed by atoms with E-state index in [4.69, 9.17) is 39.5 Å². The summed E-state index contributed by atoms with van der Waals surface area (Å²) < 4.78 is 5.40. The number of rotatable bonds is 6. The third-order valence-corrected chi connectivity index (χ3v) is 8.72. The lowest BCUT2D eigenvalue weighted by molar-refractivity contribution is -0.122. The minimum absolute atomic E-state index is 0.0114. The number of hydrogen-bond acceptors (Lipinski definition) is 6. The van der Waals surface area contributed by atoms with Crippen molar-refractivity contribution in [3.63, 3.8) is 0 Å². The summed E-state index contributed by atoms with van der Waals surface area (Å²) in [5, 5.41) is 1.31. The van der Waals surface area contributed by atoms with Crippen molar-refractivity contribution >= 4 is 75.0 Å². The first kappa shape index (κ1) is 29.1. The normalized spacial score (nSPS) is 19.5. The Morgan fingerprint density at radius 3 is 2.42 bits per heavy atom. The first-order chi connectivity index (χ1) is 20.6. The average molecular weight is 634 g/mol. The van der Waals surface area contributed by atoms with Gasteiger partial charge in [0.25, 0.3) is 0 Å². The minimum Gasteiger partial charge on any atom is -0.454 e. The third kappa shape index (κ3) is 5.33. The molecule has 3 atom stereocenters. The lowest BCUT2D eigenvalue weighted by Crippen LogP contribution is -2.31. The molecule has 3 unspecified atom stereocenters. The number of anilines is 1. The summed E-state index contributed by atoms with van der Waals surface area (Å²) in [5.74, 6) is -2.36. The Kier molecular flexibility index (Phi) is 7.81. The SMILES string of the molecule is CC1C=CCC2C(=O)N(c3ccc(-c4cc(C(=O)OCC(=O)c5ccc(Cl)cc5Cl)c5cccc(Cl)c5n4)cc3)C(=O)C12. The van der Waals surface area contributed by atoms with E-state index in [2.05, 4.69) is 4.98 Å². The summed E-state index contributed by atoms with van der Waals surface area (Å²) in [6.07, 6.45) is 4.50. The van der Waals surface area contributed by atoms with Gasteiger partial charge in [0, 0.05) is 21.5 Å². The number of nitrogens with zero attached hydrogens (tertiary/aromatic N) is 2. The third-order valence-electron chi connectivity index (χ3n) is 7.87. The molecule has 0 radical (unpaired) electrons. The van der Waals surface area contributed by atoms with Crippen LogP contribution in [0.15, 0.2) is 78.9 Å². The molecular formula is C33H23Cl3N2O5. The fraction of sp³-hybridized carbons (Fsp3) is 0.182. The molecule has 43 heavy (non-hydrogen) atoms. The average Bonchev–Trinajstić information content (AvgIpc) is 3.25. The highest BCUT2D eigenvalue weighted by atomic mass is 35.5. The number of amides is 2. The van der Waals surface area contributed by atoms with Gasteiger partial charge in [-0.25, -0.2) is 9.78 Å². The van der Waals surface area contributed by atoms with Crippen molar-refractivity contribution in [1.29, 1.82) is 0 Å². The zero-order valence-corrected chi connectivity index (χ0v) is 25.0. The van der Waals surface area contributed by atoms with E-state index in [0.717, 1.165) is 0 Å². The van der Waals surface area contributed by atoms with Crippen molar-refractivity contribution in [2.75, 3.05) is 11.5 Å². The predicted octanol–water partition coefficient (Wildman–Crippen LogP) is 7.60. The summed E-state index contributed by atoms with van der Waals surface area (Å²) in [6.45, 7) is 1.41. The first-order valence-electron chi connectivity index (χ1n) is 13.5. The van der Waals surface area contributed by atoms with Gasteiger partial charge in [-0.15, -0.1) is 0 Å². The molecule has 2 heterocycles. The summed E-state index contributed by atoms with van der Waals surface area (Å²) in [4.78, 5) is 58.3. The van der Waals surface area contributed by atoms with Gasteiger partial charge < -0.3 is 4.74 Å². The highest BCUT2D eigenvalue weighted by Crippen LogP contribution is 2.41. The van der Waals surface area contributed by atoms with E-state index in [1.54, 1.807) is 48.5 Å². The molecule has 2 amide bonds. The van der Waals surface area contributed by atoms with Crippen molar-refractivity contribution in [2.45, 2.75) is 13.3 Å². The van der Waals surface area contributed by atoms with E-state index >= 15 is 0 Å². The number of carbonyl (C=O) groups excluding carboxylic acids is 4. The highest BCUT2D eigenvalue weighted by molar-refractivity contribution is 6.37. The summed E-state index contributed by atoms with van der Waals surface area (Å²) in [7, 11) is 0. The Bertz CT molecular complexity index is 1850. The number of allylic oxidation sites excluding steroid dienone is 2.